The number of nitrogens with zero attached hydrogens (tertiary/aromatic N) is 1. The lowest BCUT2D eigenvalue weighted by atomic mass is 10.2. The van der Waals surface area contributed by atoms with Crippen LogP contribution in [0.3, 0.4) is 0 Å². The molecule has 0 unspecified atom stereocenters. The van der Waals surface area contributed by atoms with Gasteiger partial charge in [-0.3, -0.25) is 0 Å². The predicted molar refractivity (Wildman–Crippen MR) is 81.4 cm³/mol. The number of hydrogen-bond donors (Lipinski definition) is 2. The highest BCUT2D eigenvalue weighted by Crippen LogP contribution is 2.29. The number of benzene rings is 1. The number of rotatable bonds is 3. The first kappa shape index (κ1) is 14.3. The van der Waals surface area contributed by atoms with Crippen LogP contribution in [0.25, 0.3) is 0 Å². The zero-order valence-corrected chi connectivity index (χ0v) is 12.5. The Morgan fingerprint density at radius 2 is 1.95 bits per heavy atom. The Bertz CT molecular complexity index is 603. The molecule has 2 rings (SSSR count). The number of aromatic nitrogens is 1. The lowest BCUT2D eigenvalue weighted by molar-refractivity contribution is 0.00762. The molecule has 0 bridgehead atoms. The maximum atomic E-state index is 12.0. The van der Waals surface area contributed by atoms with Crippen molar-refractivity contribution in [3.8, 4) is 0 Å². The van der Waals surface area contributed by atoms with Gasteiger partial charge in [0.1, 0.15) is 5.60 Å². The van der Waals surface area contributed by atoms with Crippen molar-refractivity contribution in [1.82, 2.24) is 4.98 Å². The third kappa shape index (κ3) is 3.71. The first-order valence-electron chi connectivity index (χ1n) is 6.17. The minimum absolute atomic E-state index is 0.183. The molecule has 106 valence electrons. The molecule has 0 spiro atoms. The van der Waals surface area contributed by atoms with Crippen molar-refractivity contribution >= 4 is 33.9 Å². The van der Waals surface area contributed by atoms with Crippen LogP contribution in [0.4, 0.5) is 16.6 Å². The Kier molecular flexibility index (Phi) is 3.94. The third-order valence-corrected chi connectivity index (χ3v) is 3.23. The summed E-state index contributed by atoms with van der Waals surface area (Å²) in [4.78, 5) is 16.4. The van der Waals surface area contributed by atoms with Crippen molar-refractivity contribution in [2.75, 3.05) is 11.1 Å². The number of carbonyl (C=O) groups excluding carboxylic acids is 1. The second-order valence-corrected chi connectivity index (χ2v) is 6.23. The van der Waals surface area contributed by atoms with E-state index in [1.165, 1.54) is 11.3 Å². The van der Waals surface area contributed by atoms with Crippen LogP contribution >= 0.6 is 11.3 Å². The molecule has 3 N–H and O–H groups in total. The van der Waals surface area contributed by atoms with E-state index in [-0.39, 0.29) is 5.82 Å². The van der Waals surface area contributed by atoms with Gasteiger partial charge in [-0.25, -0.2) is 9.78 Å². The predicted octanol–water partition coefficient (Wildman–Crippen LogP) is 3.42. The van der Waals surface area contributed by atoms with Gasteiger partial charge in [-0.1, -0.05) is 29.5 Å². The van der Waals surface area contributed by atoms with E-state index in [0.29, 0.717) is 10.0 Å². The van der Waals surface area contributed by atoms with Gasteiger partial charge in [0.05, 0.1) is 0 Å². The number of esters is 1. The highest BCUT2D eigenvalue weighted by Gasteiger charge is 2.23. The summed E-state index contributed by atoms with van der Waals surface area (Å²) in [5.41, 5.74) is 6.10. The number of nitrogen functional groups attached to an aromatic ring is 1. The Balaban J connectivity index is 2.15. The van der Waals surface area contributed by atoms with Crippen LogP contribution in [0.5, 0.6) is 0 Å². The number of ether oxygens (including phenoxy) is 1. The van der Waals surface area contributed by atoms with Crippen molar-refractivity contribution < 1.29 is 9.53 Å². The second-order valence-electron chi connectivity index (χ2n) is 5.23. The SMILES string of the molecule is CC(C)(C)OC(=O)c1sc(Nc2ccccc2)nc1N. The topological polar surface area (TPSA) is 77.2 Å². The Hall–Kier alpha value is -2.08. The zero-order chi connectivity index (χ0) is 14.8. The molecule has 1 aromatic carbocycles. The van der Waals surface area contributed by atoms with Gasteiger partial charge >= 0.3 is 5.97 Å². The number of para-hydroxylation sites is 1. The molecule has 0 saturated carbocycles. The molecule has 0 fully saturated rings. The molecule has 6 heteroatoms. The standard InChI is InChI=1S/C14H17N3O2S/c1-14(2,3)19-12(18)10-11(15)17-13(20-10)16-9-7-5-4-6-8-9/h4-8H,15H2,1-3H3,(H,16,17). The first-order valence-corrected chi connectivity index (χ1v) is 6.98. The number of anilines is 3. The van der Waals surface area contributed by atoms with Crippen LogP contribution in [0.15, 0.2) is 30.3 Å². The minimum atomic E-state index is -0.555. The number of hydrogen-bond acceptors (Lipinski definition) is 6. The highest BCUT2D eigenvalue weighted by atomic mass is 32.1. The number of nitrogens with one attached hydrogen (secondary N) is 1. The molecule has 0 aliphatic rings. The third-order valence-electron chi connectivity index (χ3n) is 2.26. The van der Waals surface area contributed by atoms with Gasteiger partial charge < -0.3 is 15.8 Å². The van der Waals surface area contributed by atoms with Gasteiger partial charge in [-0.15, -0.1) is 0 Å². The summed E-state index contributed by atoms with van der Waals surface area (Å²) in [7, 11) is 0. The number of carbonyl (C=O) groups is 1. The van der Waals surface area contributed by atoms with Gasteiger partial charge in [-0.2, -0.15) is 0 Å². The summed E-state index contributed by atoms with van der Waals surface area (Å²) in [6.07, 6.45) is 0. The van der Waals surface area contributed by atoms with E-state index >= 15 is 0 Å². The number of thiazole rings is 1. The second kappa shape index (κ2) is 5.50. The van der Waals surface area contributed by atoms with Gasteiger partial charge in [0, 0.05) is 5.69 Å². The largest absolute Gasteiger partial charge is 0.456 e. The average molecular weight is 291 g/mol. The normalized spacial score (nSPS) is 11.2. The fourth-order valence-electron chi connectivity index (χ4n) is 1.50. The van der Waals surface area contributed by atoms with Gasteiger partial charge in [-0.05, 0) is 32.9 Å². The van der Waals surface area contributed by atoms with Gasteiger partial charge in [0.2, 0.25) is 0 Å². The summed E-state index contributed by atoms with van der Waals surface area (Å²) in [6.45, 7) is 5.43. The Morgan fingerprint density at radius 1 is 1.30 bits per heavy atom. The highest BCUT2D eigenvalue weighted by molar-refractivity contribution is 7.18. The van der Waals surface area contributed by atoms with Gasteiger partial charge in [0.15, 0.2) is 15.8 Å². The molecule has 1 aromatic heterocycles. The van der Waals surface area contributed by atoms with E-state index in [4.69, 9.17) is 10.5 Å². The zero-order valence-electron chi connectivity index (χ0n) is 11.6. The van der Waals surface area contributed by atoms with Crippen LogP contribution in [0.2, 0.25) is 0 Å². The maximum absolute atomic E-state index is 12.0. The Morgan fingerprint density at radius 3 is 2.55 bits per heavy atom. The fourth-order valence-corrected chi connectivity index (χ4v) is 2.28. The van der Waals surface area contributed by atoms with Crippen molar-refractivity contribution in [2.24, 2.45) is 0 Å². The van der Waals surface area contributed by atoms with E-state index < -0.39 is 11.6 Å². The van der Waals surface area contributed by atoms with Crippen molar-refractivity contribution in [3.63, 3.8) is 0 Å². The summed E-state index contributed by atoms with van der Waals surface area (Å²) in [5, 5.41) is 3.67. The quantitative estimate of drug-likeness (QED) is 0.847. The molecular formula is C14H17N3O2S. The minimum Gasteiger partial charge on any atom is -0.456 e. The summed E-state index contributed by atoms with van der Waals surface area (Å²) >= 11 is 1.18. The molecule has 5 nitrogen and oxygen atoms in total. The van der Waals surface area contributed by atoms with E-state index in [2.05, 4.69) is 10.3 Å². The average Bonchev–Trinajstić information content (AvgIpc) is 2.69. The van der Waals surface area contributed by atoms with Crippen LogP contribution in [0.1, 0.15) is 30.4 Å². The molecule has 0 aliphatic carbocycles. The van der Waals surface area contributed by atoms with Crippen LogP contribution in [-0.2, 0) is 4.74 Å². The summed E-state index contributed by atoms with van der Waals surface area (Å²) in [6, 6.07) is 9.56. The lowest BCUT2D eigenvalue weighted by Gasteiger charge is -2.18. The molecular weight excluding hydrogens is 274 g/mol. The van der Waals surface area contributed by atoms with E-state index in [1.54, 1.807) is 0 Å². The van der Waals surface area contributed by atoms with E-state index in [0.717, 1.165) is 5.69 Å². The van der Waals surface area contributed by atoms with Crippen LogP contribution in [0, 0.1) is 0 Å². The number of nitrogens with two attached hydrogens (primary N) is 1. The molecule has 0 saturated heterocycles. The summed E-state index contributed by atoms with van der Waals surface area (Å²) < 4.78 is 5.29. The molecule has 0 radical (unpaired) electrons. The van der Waals surface area contributed by atoms with E-state index in [1.807, 2.05) is 51.1 Å². The summed E-state index contributed by atoms with van der Waals surface area (Å²) in [5.74, 6) is -0.267. The Labute approximate surface area is 121 Å². The van der Waals surface area contributed by atoms with Crippen LogP contribution < -0.4 is 11.1 Å². The van der Waals surface area contributed by atoms with Crippen molar-refractivity contribution in [2.45, 2.75) is 26.4 Å². The van der Waals surface area contributed by atoms with Crippen molar-refractivity contribution in [3.05, 3.63) is 35.2 Å². The molecule has 20 heavy (non-hydrogen) atoms. The monoisotopic (exact) mass is 291 g/mol. The lowest BCUT2D eigenvalue weighted by Crippen LogP contribution is -2.23. The molecule has 1 heterocycles. The van der Waals surface area contributed by atoms with Crippen molar-refractivity contribution in [1.29, 1.82) is 0 Å². The maximum Gasteiger partial charge on any atom is 0.352 e. The molecule has 0 amide bonds. The van der Waals surface area contributed by atoms with E-state index in [9.17, 15) is 4.79 Å². The first-order chi connectivity index (χ1) is 9.35. The smallest absolute Gasteiger partial charge is 0.352 e. The molecule has 0 aliphatic heterocycles. The molecule has 0 atom stereocenters. The van der Waals surface area contributed by atoms with Gasteiger partial charge in [0.25, 0.3) is 0 Å². The fraction of sp³-hybridized carbons (Fsp3) is 0.286. The van der Waals surface area contributed by atoms with Crippen LogP contribution in [-0.4, -0.2) is 16.6 Å². The molecule has 2 aromatic rings.